The highest BCUT2D eigenvalue weighted by Gasteiger charge is 2.11. The van der Waals surface area contributed by atoms with E-state index >= 15 is 0 Å². The van der Waals surface area contributed by atoms with Gasteiger partial charge in [0.2, 0.25) is 0 Å². The molecular weight excluding hydrogens is 392 g/mol. The normalized spacial score (nSPS) is 13.6. The first-order chi connectivity index (χ1) is 14.1. The van der Waals surface area contributed by atoms with Gasteiger partial charge in [-0.15, -0.1) is 0 Å². The highest BCUT2D eigenvalue weighted by atomic mass is 35.5. The third kappa shape index (κ3) is 14.3. The Hall–Kier alpha value is -2.34. The lowest BCUT2D eigenvalue weighted by Crippen LogP contribution is -2.23. The fourth-order valence-electron chi connectivity index (χ4n) is 2.26. The van der Waals surface area contributed by atoms with Crippen molar-refractivity contribution in [3.05, 3.63) is 77.8 Å². The Morgan fingerprint density at radius 1 is 1.07 bits per heavy atom. The van der Waals surface area contributed by atoms with Crippen LogP contribution in [0.3, 0.4) is 0 Å². The van der Waals surface area contributed by atoms with Gasteiger partial charge >= 0.3 is 5.97 Å². The number of para-hydroxylation sites is 1. The summed E-state index contributed by atoms with van der Waals surface area (Å²) in [6, 6.07) is 19.1. The van der Waals surface area contributed by atoms with E-state index in [0.29, 0.717) is 19.1 Å². The van der Waals surface area contributed by atoms with Gasteiger partial charge in [-0.25, -0.2) is 0 Å². The number of carboxylic acids is 1. The van der Waals surface area contributed by atoms with Gasteiger partial charge in [-0.2, -0.15) is 0 Å². The zero-order chi connectivity index (χ0) is 21.2. The first kappa shape index (κ1) is 24.7. The first-order valence-electron chi connectivity index (χ1n) is 9.43. The van der Waals surface area contributed by atoms with Crippen LogP contribution in [0.4, 0.5) is 0 Å². The standard InChI is InChI=1S/C10H16O4.C7H8O.C6H5Cl/c11-10(12)5-3-1-2-4-9-6-13-8-14-7-9;1-8-7-5-3-2-4-6-7;7-6-4-2-1-3-5-6/h1-2,9H,3-8H2,(H,11,12);2-6H,1H3;1-5H/b2-1-;;. The van der Waals surface area contributed by atoms with Crippen molar-refractivity contribution in [2.24, 2.45) is 5.92 Å². The Balaban J connectivity index is 0.000000237. The Morgan fingerprint density at radius 3 is 2.10 bits per heavy atom. The molecule has 0 spiro atoms. The second-order valence-electron chi connectivity index (χ2n) is 6.18. The van der Waals surface area contributed by atoms with Gasteiger partial charge in [-0.1, -0.05) is 60.2 Å². The maximum absolute atomic E-state index is 10.2. The quantitative estimate of drug-likeness (QED) is 0.629. The molecule has 0 aromatic heterocycles. The molecule has 6 heteroatoms. The van der Waals surface area contributed by atoms with E-state index in [4.69, 9.17) is 30.9 Å². The van der Waals surface area contributed by atoms with Gasteiger partial charge in [0.25, 0.3) is 0 Å². The summed E-state index contributed by atoms with van der Waals surface area (Å²) >= 11 is 5.54. The molecule has 1 fully saturated rings. The summed E-state index contributed by atoms with van der Waals surface area (Å²) < 4.78 is 15.2. The first-order valence-corrected chi connectivity index (χ1v) is 9.81. The van der Waals surface area contributed by atoms with Crippen molar-refractivity contribution in [1.82, 2.24) is 0 Å². The third-order valence-corrected chi connectivity index (χ3v) is 4.00. The zero-order valence-corrected chi connectivity index (χ0v) is 17.5. The van der Waals surface area contributed by atoms with Crippen LogP contribution in [0.15, 0.2) is 72.8 Å². The summed E-state index contributed by atoms with van der Waals surface area (Å²) in [5.41, 5.74) is 0. The lowest BCUT2D eigenvalue weighted by atomic mass is 10.1. The van der Waals surface area contributed by atoms with Gasteiger partial charge in [0.1, 0.15) is 12.5 Å². The Labute approximate surface area is 177 Å². The molecule has 3 rings (SSSR count). The minimum absolute atomic E-state index is 0.203. The van der Waals surface area contributed by atoms with Crippen LogP contribution in [0.2, 0.25) is 5.02 Å². The molecule has 1 heterocycles. The minimum atomic E-state index is -0.751. The van der Waals surface area contributed by atoms with E-state index in [1.54, 1.807) is 7.11 Å². The number of carboxylic acid groups (broad SMARTS) is 1. The number of allylic oxidation sites excluding steroid dienone is 2. The Morgan fingerprint density at radius 2 is 1.66 bits per heavy atom. The highest BCUT2D eigenvalue weighted by Crippen LogP contribution is 2.10. The van der Waals surface area contributed by atoms with Gasteiger partial charge in [0.15, 0.2) is 0 Å². The number of methoxy groups -OCH3 is 1. The van der Waals surface area contributed by atoms with Crippen molar-refractivity contribution >= 4 is 17.6 Å². The van der Waals surface area contributed by atoms with Crippen molar-refractivity contribution in [3.63, 3.8) is 0 Å². The molecule has 1 N–H and O–H groups in total. The molecule has 0 aliphatic carbocycles. The molecule has 29 heavy (non-hydrogen) atoms. The Bertz CT molecular complexity index is 670. The minimum Gasteiger partial charge on any atom is -0.497 e. The number of benzene rings is 2. The summed E-state index contributed by atoms with van der Waals surface area (Å²) in [5.74, 6) is 0.580. The number of ether oxygens (including phenoxy) is 3. The van der Waals surface area contributed by atoms with Gasteiger partial charge < -0.3 is 19.3 Å². The van der Waals surface area contributed by atoms with Gasteiger partial charge in [0.05, 0.1) is 20.3 Å². The van der Waals surface area contributed by atoms with Crippen LogP contribution in [0.5, 0.6) is 5.75 Å². The van der Waals surface area contributed by atoms with Crippen molar-refractivity contribution in [2.75, 3.05) is 27.1 Å². The predicted octanol–water partition coefficient (Wildman–Crippen LogP) is 5.45. The van der Waals surface area contributed by atoms with Crippen molar-refractivity contribution in [2.45, 2.75) is 19.3 Å². The summed E-state index contributed by atoms with van der Waals surface area (Å²) in [7, 11) is 1.66. The molecule has 0 atom stereocenters. The molecule has 2 aromatic rings. The molecule has 2 aromatic carbocycles. The van der Waals surface area contributed by atoms with Crippen molar-refractivity contribution < 1.29 is 24.1 Å². The predicted molar refractivity (Wildman–Crippen MR) is 115 cm³/mol. The van der Waals surface area contributed by atoms with Crippen LogP contribution in [-0.4, -0.2) is 38.2 Å². The molecule has 1 saturated heterocycles. The molecule has 1 aliphatic rings. The van der Waals surface area contributed by atoms with Gasteiger partial charge in [0, 0.05) is 17.4 Å². The second-order valence-corrected chi connectivity index (χ2v) is 6.61. The third-order valence-electron chi connectivity index (χ3n) is 3.75. The highest BCUT2D eigenvalue weighted by molar-refractivity contribution is 6.30. The molecule has 0 radical (unpaired) electrons. The summed E-state index contributed by atoms with van der Waals surface area (Å²) in [6.07, 6.45) is 5.62. The van der Waals surface area contributed by atoms with E-state index in [2.05, 4.69) is 0 Å². The van der Waals surface area contributed by atoms with E-state index in [1.807, 2.05) is 72.8 Å². The van der Waals surface area contributed by atoms with Crippen molar-refractivity contribution in [3.8, 4) is 5.75 Å². The lowest BCUT2D eigenvalue weighted by Gasteiger charge is -2.20. The molecule has 5 nitrogen and oxygen atoms in total. The van der Waals surface area contributed by atoms with E-state index in [-0.39, 0.29) is 6.42 Å². The van der Waals surface area contributed by atoms with Gasteiger partial charge in [-0.3, -0.25) is 4.79 Å². The molecule has 0 bridgehead atoms. The maximum Gasteiger partial charge on any atom is 0.303 e. The zero-order valence-electron chi connectivity index (χ0n) is 16.7. The molecule has 158 valence electrons. The van der Waals surface area contributed by atoms with Crippen LogP contribution in [-0.2, 0) is 14.3 Å². The summed E-state index contributed by atoms with van der Waals surface area (Å²) in [4.78, 5) is 10.2. The largest absolute Gasteiger partial charge is 0.497 e. The number of halogens is 1. The van der Waals surface area contributed by atoms with Crippen LogP contribution >= 0.6 is 11.6 Å². The fourth-order valence-corrected chi connectivity index (χ4v) is 2.40. The molecular formula is C23H29ClO5. The summed E-state index contributed by atoms with van der Waals surface area (Å²) in [6.45, 7) is 1.88. The molecule has 1 aliphatic heterocycles. The number of rotatable bonds is 6. The van der Waals surface area contributed by atoms with Crippen molar-refractivity contribution in [1.29, 1.82) is 0 Å². The summed E-state index contributed by atoms with van der Waals surface area (Å²) in [5, 5.41) is 9.18. The topological polar surface area (TPSA) is 65.0 Å². The van der Waals surface area contributed by atoms with Gasteiger partial charge in [-0.05, 0) is 37.1 Å². The average molecular weight is 421 g/mol. The second kappa shape index (κ2) is 16.6. The molecule has 0 saturated carbocycles. The number of carbonyl (C=O) groups is 1. The SMILES string of the molecule is COc1ccccc1.Clc1ccccc1.O=C(O)CC/C=C\CC1COCOC1. The smallest absolute Gasteiger partial charge is 0.303 e. The molecule has 0 amide bonds. The van der Waals surface area contributed by atoms with E-state index < -0.39 is 5.97 Å². The average Bonchev–Trinajstić information content (AvgIpc) is 2.76. The maximum atomic E-state index is 10.2. The van der Waals surface area contributed by atoms with Crippen LogP contribution in [0.25, 0.3) is 0 Å². The Kier molecular flexibility index (Phi) is 14.1. The monoisotopic (exact) mass is 420 g/mol. The molecule has 0 unspecified atom stereocenters. The van der Waals surface area contributed by atoms with Crippen LogP contribution in [0.1, 0.15) is 19.3 Å². The fraction of sp³-hybridized carbons (Fsp3) is 0.348. The number of hydrogen-bond acceptors (Lipinski definition) is 4. The lowest BCUT2D eigenvalue weighted by molar-refractivity contribution is -0.136. The number of hydrogen-bond donors (Lipinski definition) is 1. The van der Waals surface area contributed by atoms with Crippen LogP contribution in [0, 0.1) is 5.92 Å². The van der Waals surface area contributed by atoms with E-state index in [1.165, 1.54) is 0 Å². The number of aliphatic carboxylic acids is 1. The van der Waals surface area contributed by atoms with E-state index in [0.717, 1.165) is 30.4 Å². The van der Waals surface area contributed by atoms with E-state index in [9.17, 15) is 4.79 Å². The van der Waals surface area contributed by atoms with Crippen LogP contribution < -0.4 is 4.74 Å².